The van der Waals surface area contributed by atoms with Crippen molar-refractivity contribution in [1.82, 2.24) is 15.0 Å². The summed E-state index contributed by atoms with van der Waals surface area (Å²) in [4.78, 5) is 12.9. The predicted molar refractivity (Wildman–Crippen MR) is 110 cm³/mol. The standard InChI is InChI=1S/C20H21FN4O3S/c1-5-17-19(13-8-18(12(2)22-10-13)25-29(4,26)27)20(24-11-23-17)15-7-6-14(28-3)9-16(15)21/h6-11,25H,5H2,1-4H3. The number of pyridine rings is 1. The van der Waals surface area contributed by atoms with Crippen LogP contribution in [0.15, 0.2) is 36.8 Å². The Morgan fingerprint density at radius 2 is 1.93 bits per heavy atom. The van der Waals surface area contributed by atoms with Gasteiger partial charge in [-0.2, -0.15) is 0 Å². The van der Waals surface area contributed by atoms with Crippen LogP contribution in [0.3, 0.4) is 0 Å². The van der Waals surface area contributed by atoms with E-state index in [0.29, 0.717) is 46.1 Å². The van der Waals surface area contributed by atoms with Crippen LogP contribution in [0.5, 0.6) is 5.75 Å². The van der Waals surface area contributed by atoms with E-state index in [2.05, 4.69) is 19.7 Å². The number of aromatic nitrogens is 3. The molecule has 2 aromatic heterocycles. The van der Waals surface area contributed by atoms with E-state index in [1.165, 1.54) is 19.5 Å². The van der Waals surface area contributed by atoms with Gasteiger partial charge in [0, 0.05) is 29.0 Å². The van der Waals surface area contributed by atoms with E-state index in [0.717, 1.165) is 6.26 Å². The summed E-state index contributed by atoms with van der Waals surface area (Å²) in [6.45, 7) is 3.63. The Kier molecular flexibility index (Phi) is 5.78. The van der Waals surface area contributed by atoms with Gasteiger partial charge in [-0.25, -0.2) is 22.8 Å². The van der Waals surface area contributed by atoms with E-state index < -0.39 is 15.8 Å². The van der Waals surface area contributed by atoms with Crippen molar-refractivity contribution >= 4 is 15.7 Å². The molecule has 0 aliphatic rings. The summed E-state index contributed by atoms with van der Waals surface area (Å²) >= 11 is 0. The molecule has 0 saturated carbocycles. The van der Waals surface area contributed by atoms with Gasteiger partial charge in [-0.05, 0) is 31.5 Å². The molecular weight excluding hydrogens is 395 g/mol. The molecule has 1 N–H and O–H groups in total. The summed E-state index contributed by atoms with van der Waals surface area (Å²) in [6, 6.07) is 6.19. The van der Waals surface area contributed by atoms with Gasteiger partial charge in [0.2, 0.25) is 10.0 Å². The molecule has 9 heteroatoms. The minimum Gasteiger partial charge on any atom is -0.497 e. The first kappa shape index (κ1) is 20.7. The Morgan fingerprint density at radius 1 is 1.17 bits per heavy atom. The lowest BCUT2D eigenvalue weighted by Gasteiger charge is -2.15. The van der Waals surface area contributed by atoms with E-state index in [-0.39, 0.29) is 5.56 Å². The number of benzene rings is 1. The van der Waals surface area contributed by atoms with Gasteiger partial charge in [-0.1, -0.05) is 6.92 Å². The lowest BCUT2D eigenvalue weighted by atomic mass is 9.97. The van der Waals surface area contributed by atoms with Crippen LogP contribution in [-0.2, 0) is 16.4 Å². The molecule has 0 aliphatic heterocycles. The zero-order chi connectivity index (χ0) is 21.2. The van der Waals surface area contributed by atoms with Gasteiger partial charge >= 0.3 is 0 Å². The van der Waals surface area contributed by atoms with Crippen LogP contribution in [-0.4, -0.2) is 36.7 Å². The smallest absolute Gasteiger partial charge is 0.229 e. The Labute approximate surface area is 169 Å². The molecular formula is C20H21FN4O3S. The maximum atomic E-state index is 14.8. The molecule has 0 aliphatic carbocycles. The number of sulfonamides is 1. The number of anilines is 1. The van der Waals surface area contributed by atoms with E-state index >= 15 is 0 Å². The van der Waals surface area contributed by atoms with Gasteiger partial charge in [0.25, 0.3) is 0 Å². The molecule has 1 aromatic carbocycles. The van der Waals surface area contributed by atoms with Gasteiger partial charge in [0.05, 0.1) is 36.1 Å². The Morgan fingerprint density at radius 3 is 2.55 bits per heavy atom. The highest BCUT2D eigenvalue weighted by atomic mass is 32.2. The molecule has 0 saturated heterocycles. The lowest BCUT2D eigenvalue weighted by molar-refractivity contribution is 0.411. The second-order valence-corrected chi connectivity index (χ2v) is 8.22. The lowest BCUT2D eigenvalue weighted by Crippen LogP contribution is -2.11. The summed E-state index contributed by atoms with van der Waals surface area (Å²) in [5.74, 6) is -0.0879. The van der Waals surface area contributed by atoms with Crippen molar-refractivity contribution in [3.63, 3.8) is 0 Å². The third kappa shape index (κ3) is 4.51. The normalized spacial score (nSPS) is 11.3. The van der Waals surface area contributed by atoms with Crippen molar-refractivity contribution in [3.05, 3.63) is 54.0 Å². The van der Waals surface area contributed by atoms with E-state index in [4.69, 9.17) is 4.74 Å². The van der Waals surface area contributed by atoms with Crippen LogP contribution in [0, 0.1) is 12.7 Å². The molecule has 0 unspecified atom stereocenters. The zero-order valence-electron chi connectivity index (χ0n) is 16.5. The summed E-state index contributed by atoms with van der Waals surface area (Å²) in [5, 5.41) is 0. The van der Waals surface area contributed by atoms with Crippen LogP contribution in [0.4, 0.5) is 10.1 Å². The number of hydrogen-bond acceptors (Lipinski definition) is 6. The molecule has 0 bridgehead atoms. The molecule has 0 amide bonds. The van der Waals surface area contributed by atoms with E-state index in [1.807, 2.05) is 6.92 Å². The molecule has 0 fully saturated rings. The SMILES string of the molecule is CCc1ncnc(-c2ccc(OC)cc2F)c1-c1cnc(C)c(NS(C)(=O)=O)c1. The second kappa shape index (κ2) is 8.12. The summed E-state index contributed by atoms with van der Waals surface area (Å²) < 4.78 is 45.7. The molecule has 2 heterocycles. The largest absolute Gasteiger partial charge is 0.497 e. The number of nitrogens with zero attached hydrogens (tertiary/aromatic N) is 3. The highest BCUT2D eigenvalue weighted by molar-refractivity contribution is 7.92. The van der Waals surface area contributed by atoms with Crippen molar-refractivity contribution in [1.29, 1.82) is 0 Å². The average Bonchev–Trinajstić information content (AvgIpc) is 2.68. The molecule has 0 radical (unpaired) electrons. The highest BCUT2D eigenvalue weighted by Gasteiger charge is 2.19. The minimum atomic E-state index is -3.49. The average molecular weight is 416 g/mol. The van der Waals surface area contributed by atoms with Crippen LogP contribution < -0.4 is 9.46 Å². The predicted octanol–water partition coefficient (Wildman–Crippen LogP) is 3.60. The monoisotopic (exact) mass is 416 g/mol. The van der Waals surface area contributed by atoms with Crippen LogP contribution >= 0.6 is 0 Å². The van der Waals surface area contributed by atoms with E-state index in [9.17, 15) is 12.8 Å². The fraction of sp³-hybridized carbons (Fsp3) is 0.250. The van der Waals surface area contributed by atoms with Gasteiger partial charge in [0.1, 0.15) is 17.9 Å². The topological polar surface area (TPSA) is 94.1 Å². The van der Waals surface area contributed by atoms with E-state index in [1.54, 1.807) is 31.3 Å². The van der Waals surface area contributed by atoms with Gasteiger partial charge in [-0.15, -0.1) is 0 Å². The van der Waals surface area contributed by atoms with Gasteiger partial charge < -0.3 is 4.74 Å². The molecule has 0 atom stereocenters. The maximum Gasteiger partial charge on any atom is 0.229 e. The first-order valence-corrected chi connectivity index (χ1v) is 10.7. The molecule has 152 valence electrons. The van der Waals surface area contributed by atoms with Crippen molar-refractivity contribution in [2.75, 3.05) is 18.1 Å². The quantitative estimate of drug-likeness (QED) is 0.660. The molecule has 7 nitrogen and oxygen atoms in total. The molecule has 0 spiro atoms. The number of ether oxygens (including phenoxy) is 1. The molecule has 3 aromatic rings. The first-order chi connectivity index (χ1) is 13.7. The number of halogens is 1. The fourth-order valence-electron chi connectivity index (χ4n) is 2.99. The number of aryl methyl sites for hydroxylation is 2. The molecule has 3 rings (SSSR count). The van der Waals surface area contributed by atoms with Crippen LogP contribution in [0.1, 0.15) is 18.3 Å². The van der Waals surface area contributed by atoms with Gasteiger partial charge in [0.15, 0.2) is 0 Å². The van der Waals surface area contributed by atoms with Gasteiger partial charge in [-0.3, -0.25) is 9.71 Å². The van der Waals surface area contributed by atoms with Crippen LogP contribution in [0.25, 0.3) is 22.4 Å². The highest BCUT2D eigenvalue weighted by Crippen LogP contribution is 2.36. The zero-order valence-corrected chi connectivity index (χ0v) is 17.3. The van der Waals surface area contributed by atoms with Crippen molar-refractivity contribution in [2.24, 2.45) is 0 Å². The fourth-order valence-corrected chi connectivity index (χ4v) is 3.59. The number of methoxy groups -OCH3 is 1. The Bertz CT molecular complexity index is 1170. The Hall–Kier alpha value is -3.07. The number of rotatable bonds is 6. The summed E-state index contributed by atoms with van der Waals surface area (Å²) in [5.41, 5.74) is 3.43. The molecule has 29 heavy (non-hydrogen) atoms. The number of nitrogens with one attached hydrogen (secondary N) is 1. The number of hydrogen-bond donors (Lipinski definition) is 1. The second-order valence-electron chi connectivity index (χ2n) is 6.47. The van der Waals surface area contributed by atoms with Crippen molar-refractivity contribution in [3.8, 4) is 28.1 Å². The third-order valence-electron chi connectivity index (χ3n) is 4.36. The van der Waals surface area contributed by atoms with Crippen LogP contribution in [0.2, 0.25) is 0 Å². The minimum absolute atomic E-state index is 0.288. The third-order valence-corrected chi connectivity index (χ3v) is 4.95. The van der Waals surface area contributed by atoms with Crippen molar-refractivity contribution in [2.45, 2.75) is 20.3 Å². The first-order valence-electron chi connectivity index (χ1n) is 8.86. The Balaban J connectivity index is 2.24. The van der Waals surface area contributed by atoms with Crippen molar-refractivity contribution < 1.29 is 17.5 Å². The summed E-state index contributed by atoms with van der Waals surface area (Å²) in [7, 11) is -2.02. The summed E-state index contributed by atoms with van der Waals surface area (Å²) in [6.07, 6.45) is 4.63. The maximum absolute atomic E-state index is 14.8.